The number of hydrogen-bond donors (Lipinski definition) is 1. The van der Waals surface area contributed by atoms with E-state index in [1.54, 1.807) is 7.11 Å². The van der Waals surface area contributed by atoms with Gasteiger partial charge in [-0.1, -0.05) is 49.7 Å². The Balaban J connectivity index is 2.30. The van der Waals surface area contributed by atoms with Gasteiger partial charge in [-0.2, -0.15) is 0 Å². The molecule has 0 saturated carbocycles. The van der Waals surface area contributed by atoms with Crippen molar-refractivity contribution in [3.05, 3.63) is 64.2 Å². The lowest BCUT2D eigenvalue weighted by Gasteiger charge is -2.19. The molecule has 118 valence electrons. The molecular formula is C19H24ClNO. The van der Waals surface area contributed by atoms with Gasteiger partial charge in [0.1, 0.15) is 5.75 Å². The molecule has 0 aromatic heterocycles. The first kappa shape index (κ1) is 16.9. The van der Waals surface area contributed by atoms with Crippen LogP contribution in [0.3, 0.4) is 0 Å². The summed E-state index contributed by atoms with van der Waals surface area (Å²) < 4.78 is 5.52. The zero-order valence-corrected chi connectivity index (χ0v) is 14.2. The standard InChI is InChI=1S/C19H24ClNO/c1-13(2)15-6-9-19(22-3)16(10-15)11-17(12-21)14-4-7-18(20)8-5-14/h4-10,13,17H,11-12,21H2,1-3H3. The van der Waals surface area contributed by atoms with E-state index in [-0.39, 0.29) is 5.92 Å². The molecule has 0 aliphatic heterocycles. The average Bonchev–Trinajstić information content (AvgIpc) is 2.53. The summed E-state index contributed by atoms with van der Waals surface area (Å²) in [6.07, 6.45) is 0.863. The van der Waals surface area contributed by atoms with Gasteiger partial charge in [0.05, 0.1) is 7.11 Å². The number of halogens is 1. The van der Waals surface area contributed by atoms with Crippen molar-refractivity contribution in [3.63, 3.8) is 0 Å². The number of rotatable bonds is 6. The maximum atomic E-state index is 6.01. The molecule has 1 unspecified atom stereocenters. The van der Waals surface area contributed by atoms with Crippen LogP contribution in [0.1, 0.15) is 42.4 Å². The van der Waals surface area contributed by atoms with Gasteiger partial charge in [-0.25, -0.2) is 0 Å². The molecule has 3 heteroatoms. The molecule has 0 spiro atoms. The Morgan fingerprint density at radius 2 is 1.68 bits per heavy atom. The predicted octanol–water partition coefficient (Wildman–Crippen LogP) is 4.76. The van der Waals surface area contributed by atoms with Gasteiger partial charge in [0.15, 0.2) is 0 Å². The SMILES string of the molecule is COc1ccc(C(C)C)cc1CC(CN)c1ccc(Cl)cc1. The van der Waals surface area contributed by atoms with E-state index in [9.17, 15) is 0 Å². The smallest absolute Gasteiger partial charge is 0.122 e. The molecule has 0 aliphatic carbocycles. The van der Waals surface area contributed by atoms with E-state index < -0.39 is 0 Å². The van der Waals surface area contributed by atoms with Gasteiger partial charge >= 0.3 is 0 Å². The fourth-order valence-electron chi connectivity index (χ4n) is 2.65. The third kappa shape index (κ3) is 4.02. The van der Waals surface area contributed by atoms with Gasteiger partial charge in [-0.15, -0.1) is 0 Å². The molecule has 2 nitrogen and oxygen atoms in total. The van der Waals surface area contributed by atoms with E-state index in [1.165, 1.54) is 16.7 Å². The largest absolute Gasteiger partial charge is 0.496 e. The second-order valence-corrected chi connectivity index (χ2v) is 6.35. The molecule has 0 saturated heterocycles. The molecule has 22 heavy (non-hydrogen) atoms. The first-order valence-electron chi connectivity index (χ1n) is 7.67. The molecule has 0 heterocycles. The highest BCUT2D eigenvalue weighted by molar-refractivity contribution is 6.30. The lowest BCUT2D eigenvalue weighted by molar-refractivity contribution is 0.407. The van der Waals surface area contributed by atoms with Crippen LogP contribution in [0.15, 0.2) is 42.5 Å². The Morgan fingerprint density at radius 3 is 2.23 bits per heavy atom. The Morgan fingerprint density at radius 1 is 1.05 bits per heavy atom. The van der Waals surface area contributed by atoms with Crippen molar-refractivity contribution in [2.75, 3.05) is 13.7 Å². The predicted molar refractivity (Wildman–Crippen MR) is 94.0 cm³/mol. The van der Waals surface area contributed by atoms with Gasteiger partial charge < -0.3 is 10.5 Å². The first-order valence-corrected chi connectivity index (χ1v) is 8.05. The molecule has 0 bridgehead atoms. The minimum Gasteiger partial charge on any atom is -0.496 e. The highest BCUT2D eigenvalue weighted by atomic mass is 35.5. The maximum absolute atomic E-state index is 6.01. The Hall–Kier alpha value is -1.51. The lowest BCUT2D eigenvalue weighted by Crippen LogP contribution is -2.15. The summed E-state index contributed by atoms with van der Waals surface area (Å²) in [6.45, 7) is 4.99. The van der Waals surface area contributed by atoms with E-state index in [4.69, 9.17) is 22.1 Å². The Kier molecular flexibility index (Phi) is 5.87. The second kappa shape index (κ2) is 7.66. The van der Waals surface area contributed by atoms with E-state index in [1.807, 2.05) is 12.1 Å². The van der Waals surface area contributed by atoms with Crippen LogP contribution < -0.4 is 10.5 Å². The zero-order chi connectivity index (χ0) is 16.1. The normalized spacial score (nSPS) is 12.5. The van der Waals surface area contributed by atoms with Crippen molar-refractivity contribution in [1.29, 1.82) is 0 Å². The van der Waals surface area contributed by atoms with Crippen LogP contribution in [0.5, 0.6) is 5.75 Å². The van der Waals surface area contributed by atoms with Gasteiger partial charge in [-0.05, 0) is 53.8 Å². The second-order valence-electron chi connectivity index (χ2n) is 5.91. The summed E-state index contributed by atoms with van der Waals surface area (Å²) in [4.78, 5) is 0. The minimum atomic E-state index is 0.258. The van der Waals surface area contributed by atoms with Crippen molar-refractivity contribution in [2.24, 2.45) is 5.73 Å². The molecule has 2 rings (SSSR count). The Labute approximate surface area is 138 Å². The summed E-state index contributed by atoms with van der Waals surface area (Å²) >= 11 is 5.97. The molecule has 2 N–H and O–H groups in total. The van der Waals surface area contributed by atoms with Crippen LogP contribution in [0.2, 0.25) is 5.02 Å². The third-order valence-electron chi connectivity index (χ3n) is 4.06. The first-order chi connectivity index (χ1) is 10.5. The zero-order valence-electron chi connectivity index (χ0n) is 13.5. The van der Waals surface area contributed by atoms with E-state index in [0.29, 0.717) is 12.5 Å². The van der Waals surface area contributed by atoms with Gasteiger partial charge in [0, 0.05) is 10.9 Å². The van der Waals surface area contributed by atoms with Gasteiger partial charge in [-0.3, -0.25) is 0 Å². The maximum Gasteiger partial charge on any atom is 0.122 e. The fourth-order valence-corrected chi connectivity index (χ4v) is 2.78. The lowest BCUT2D eigenvalue weighted by atomic mass is 9.90. The minimum absolute atomic E-state index is 0.258. The molecular weight excluding hydrogens is 294 g/mol. The van der Waals surface area contributed by atoms with Gasteiger partial charge in [0.25, 0.3) is 0 Å². The van der Waals surface area contributed by atoms with E-state index in [0.717, 1.165) is 17.2 Å². The van der Waals surface area contributed by atoms with Crippen LogP contribution in [0.25, 0.3) is 0 Å². The quantitative estimate of drug-likeness (QED) is 0.834. The Bertz CT molecular complexity index is 607. The molecule has 0 aliphatic rings. The summed E-state index contributed by atoms with van der Waals surface area (Å²) in [5.74, 6) is 1.68. The topological polar surface area (TPSA) is 35.2 Å². The van der Waals surface area contributed by atoms with Crippen LogP contribution in [0.4, 0.5) is 0 Å². The summed E-state index contributed by atoms with van der Waals surface area (Å²) in [7, 11) is 1.72. The summed E-state index contributed by atoms with van der Waals surface area (Å²) in [5.41, 5.74) is 9.75. The molecule has 0 amide bonds. The molecule has 2 aromatic carbocycles. The summed E-state index contributed by atoms with van der Waals surface area (Å²) in [5, 5.41) is 0.749. The van der Waals surface area contributed by atoms with Crippen LogP contribution in [0, 0.1) is 0 Å². The van der Waals surface area contributed by atoms with Crippen molar-refractivity contribution in [3.8, 4) is 5.75 Å². The molecule has 2 aromatic rings. The average molecular weight is 318 g/mol. The monoisotopic (exact) mass is 317 g/mol. The number of methoxy groups -OCH3 is 1. The van der Waals surface area contributed by atoms with Crippen LogP contribution in [-0.4, -0.2) is 13.7 Å². The van der Waals surface area contributed by atoms with E-state index >= 15 is 0 Å². The highest BCUT2D eigenvalue weighted by Gasteiger charge is 2.15. The van der Waals surface area contributed by atoms with E-state index in [2.05, 4.69) is 44.2 Å². The van der Waals surface area contributed by atoms with Crippen LogP contribution in [-0.2, 0) is 6.42 Å². The number of ether oxygens (including phenoxy) is 1. The molecule has 0 radical (unpaired) electrons. The number of hydrogen-bond acceptors (Lipinski definition) is 2. The number of benzene rings is 2. The molecule has 1 atom stereocenters. The van der Waals surface area contributed by atoms with Crippen LogP contribution >= 0.6 is 11.6 Å². The van der Waals surface area contributed by atoms with Crippen molar-refractivity contribution in [2.45, 2.75) is 32.1 Å². The van der Waals surface area contributed by atoms with Gasteiger partial charge in [0.2, 0.25) is 0 Å². The third-order valence-corrected chi connectivity index (χ3v) is 4.32. The molecule has 0 fully saturated rings. The van der Waals surface area contributed by atoms with Crippen molar-refractivity contribution < 1.29 is 4.74 Å². The van der Waals surface area contributed by atoms with Crippen molar-refractivity contribution in [1.82, 2.24) is 0 Å². The highest BCUT2D eigenvalue weighted by Crippen LogP contribution is 2.29. The summed E-state index contributed by atoms with van der Waals surface area (Å²) in [6, 6.07) is 14.4. The number of nitrogens with two attached hydrogens (primary N) is 1. The van der Waals surface area contributed by atoms with Crippen molar-refractivity contribution >= 4 is 11.6 Å². The fraction of sp³-hybridized carbons (Fsp3) is 0.368.